The Morgan fingerprint density at radius 2 is 1.96 bits per heavy atom. The molecule has 0 aromatic heterocycles. The number of ketones is 1. The van der Waals surface area contributed by atoms with Crippen molar-refractivity contribution >= 4 is 23.3 Å². The molecule has 0 saturated heterocycles. The molecule has 4 rings (SSSR count). The highest BCUT2D eigenvalue weighted by Gasteiger charge is 2.73. The van der Waals surface area contributed by atoms with Gasteiger partial charge in [0.1, 0.15) is 5.75 Å². The molecule has 27 heavy (non-hydrogen) atoms. The molecule has 2 N–H and O–H groups in total. The van der Waals surface area contributed by atoms with Gasteiger partial charge in [-0.25, -0.2) is 0 Å². The zero-order valence-electron chi connectivity index (χ0n) is 15.1. The third-order valence-corrected chi connectivity index (χ3v) is 5.60. The van der Waals surface area contributed by atoms with E-state index in [0.717, 1.165) is 5.56 Å². The monoisotopic (exact) mass is 364 g/mol. The number of Topliss-reactive ketones (excluding diaryl/α,β-unsaturated/α-hetero) is 1. The summed E-state index contributed by atoms with van der Waals surface area (Å²) in [6, 6.07) is 14.3. The van der Waals surface area contributed by atoms with Crippen LogP contribution in [0.15, 0.2) is 48.5 Å². The highest BCUT2D eigenvalue weighted by molar-refractivity contribution is 6.19. The molecule has 2 aromatic carbocycles. The van der Waals surface area contributed by atoms with Crippen molar-refractivity contribution in [3.05, 3.63) is 59.7 Å². The van der Waals surface area contributed by atoms with Crippen LogP contribution in [0.1, 0.15) is 22.8 Å². The quantitative estimate of drug-likeness (QED) is 0.872. The van der Waals surface area contributed by atoms with Crippen LogP contribution in [0.2, 0.25) is 0 Å². The molecular formula is C21H20N2O4. The molecule has 2 aliphatic rings. The highest BCUT2D eigenvalue weighted by Crippen LogP contribution is 2.62. The first kappa shape index (κ1) is 17.3. The van der Waals surface area contributed by atoms with Crippen molar-refractivity contribution in [2.24, 2.45) is 17.3 Å². The van der Waals surface area contributed by atoms with Crippen LogP contribution in [-0.4, -0.2) is 24.7 Å². The number of hydrogen-bond donors (Lipinski definition) is 2. The minimum Gasteiger partial charge on any atom is -0.497 e. The van der Waals surface area contributed by atoms with E-state index in [1.54, 1.807) is 38.3 Å². The average molecular weight is 364 g/mol. The molecule has 0 unspecified atom stereocenters. The van der Waals surface area contributed by atoms with Gasteiger partial charge in [0, 0.05) is 12.1 Å². The number of ether oxygens (including phenoxy) is 1. The van der Waals surface area contributed by atoms with E-state index in [0.29, 0.717) is 23.5 Å². The fraction of sp³-hybridized carbons (Fsp3) is 0.286. The van der Waals surface area contributed by atoms with Gasteiger partial charge < -0.3 is 15.4 Å². The van der Waals surface area contributed by atoms with Crippen molar-refractivity contribution in [1.29, 1.82) is 0 Å². The second-order valence-corrected chi connectivity index (χ2v) is 7.17. The highest BCUT2D eigenvalue weighted by atomic mass is 16.5. The molecule has 1 saturated carbocycles. The Hall–Kier alpha value is -3.15. The lowest BCUT2D eigenvalue weighted by molar-refractivity contribution is -0.125. The van der Waals surface area contributed by atoms with Crippen LogP contribution in [0.3, 0.4) is 0 Å². The molecule has 0 bridgehead atoms. The maximum absolute atomic E-state index is 13.0. The lowest BCUT2D eigenvalue weighted by Gasteiger charge is -2.13. The molecule has 6 heteroatoms. The normalized spacial score (nSPS) is 25.6. The lowest BCUT2D eigenvalue weighted by Crippen LogP contribution is -2.29. The zero-order valence-corrected chi connectivity index (χ0v) is 15.1. The summed E-state index contributed by atoms with van der Waals surface area (Å²) in [7, 11) is 1.58. The maximum atomic E-state index is 13.0. The molecule has 2 amide bonds. The predicted molar refractivity (Wildman–Crippen MR) is 99.3 cm³/mol. The molecule has 1 aliphatic carbocycles. The Bertz CT molecular complexity index is 955. The van der Waals surface area contributed by atoms with Crippen LogP contribution in [0.25, 0.3) is 0 Å². The number of nitrogens with one attached hydrogen (secondary N) is 2. The van der Waals surface area contributed by atoms with E-state index in [2.05, 4.69) is 10.6 Å². The van der Waals surface area contributed by atoms with Gasteiger partial charge >= 0.3 is 0 Å². The van der Waals surface area contributed by atoms with Crippen molar-refractivity contribution in [3.8, 4) is 5.75 Å². The molecular weight excluding hydrogens is 344 g/mol. The minimum absolute atomic E-state index is 0.164. The zero-order chi connectivity index (χ0) is 19.2. The van der Waals surface area contributed by atoms with E-state index in [4.69, 9.17) is 4.74 Å². The first-order valence-corrected chi connectivity index (χ1v) is 8.82. The maximum Gasteiger partial charge on any atom is 0.229 e. The van der Waals surface area contributed by atoms with Crippen molar-refractivity contribution in [1.82, 2.24) is 5.32 Å². The summed E-state index contributed by atoms with van der Waals surface area (Å²) in [5.74, 6) is -1.34. The van der Waals surface area contributed by atoms with Gasteiger partial charge in [0.2, 0.25) is 11.8 Å². The van der Waals surface area contributed by atoms with Crippen LogP contribution in [0.5, 0.6) is 5.75 Å². The standard InChI is InChI=1S/C21H20N2O4/c1-21-16(19(25)22-11-12-6-5-7-13(10-12)27-2)17(21)20(26)23-15-9-4-3-8-14(15)18(21)24/h3-10,16-17H,11H2,1-2H3,(H,22,25)(H,23,26)/t16-,17+,21+/m0/s1. The predicted octanol–water partition coefficient (Wildman–Crippen LogP) is 2.40. The van der Waals surface area contributed by atoms with E-state index < -0.39 is 17.3 Å². The summed E-state index contributed by atoms with van der Waals surface area (Å²) in [5, 5.41) is 5.64. The van der Waals surface area contributed by atoms with Crippen LogP contribution in [0.4, 0.5) is 5.69 Å². The minimum atomic E-state index is -1.00. The van der Waals surface area contributed by atoms with Crippen LogP contribution in [0, 0.1) is 17.3 Å². The fourth-order valence-corrected chi connectivity index (χ4v) is 4.02. The number of methoxy groups -OCH3 is 1. The van der Waals surface area contributed by atoms with E-state index in [9.17, 15) is 14.4 Å². The smallest absolute Gasteiger partial charge is 0.229 e. The first-order valence-electron chi connectivity index (χ1n) is 8.82. The van der Waals surface area contributed by atoms with Crippen molar-refractivity contribution in [2.75, 3.05) is 12.4 Å². The van der Waals surface area contributed by atoms with Gasteiger partial charge in [-0.15, -0.1) is 0 Å². The molecule has 0 spiro atoms. The summed E-state index contributed by atoms with van der Waals surface area (Å²) in [5.41, 5.74) is 0.847. The van der Waals surface area contributed by atoms with Gasteiger partial charge in [0.05, 0.1) is 30.0 Å². The first-order chi connectivity index (χ1) is 13.0. The van der Waals surface area contributed by atoms with Crippen molar-refractivity contribution in [2.45, 2.75) is 13.5 Å². The molecule has 1 fully saturated rings. The van der Waals surface area contributed by atoms with Gasteiger partial charge in [0.15, 0.2) is 5.78 Å². The molecule has 3 atom stereocenters. The Morgan fingerprint density at radius 3 is 2.74 bits per heavy atom. The average Bonchev–Trinajstić information content (AvgIpc) is 3.34. The van der Waals surface area contributed by atoms with E-state index in [1.165, 1.54) is 0 Å². The number of para-hydroxylation sites is 1. The number of anilines is 1. The van der Waals surface area contributed by atoms with Gasteiger partial charge in [0.25, 0.3) is 0 Å². The number of carbonyl (C=O) groups excluding carboxylic acids is 3. The number of hydrogen-bond acceptors (Lipinski definition) is 4. The van der Waals surface area contributed by atoms with Crippen molar-refractivity contribution in [3.63, 3.8) is 0 Å². The number of benzene rings is 2. The summed E-state index contributed by atoms with van der Waals surface area (Å²) in [4.78, 5) is 38.4. The van der Waals surface area contributed by atoms with Gasteiger partial charge in [-0.3, -0.25) is 14.4 Å². The molecule has 0 radical (unpaired) electrons. The second-order valence-electron chi connectivity index (χ2n) is 7.17. The van der Waals surface area contributed by atoms with Gasteiger partial charge in [-0.1, -0.05) is 31.2 Å². The fourth-order valence-electron chi connectivity index (χ4n) is 4.02. The molecule has 138 valence electrons. The largest absolute Gasteiger partial charge is 0.497 e. The summed E-state index contributed by atoms with van der Waals surface area (Å²) in [6.45, 7) is 2.01. The third kappa shape index (κ3) is 2.68. The second kappa shape index (κ2) is 6.23. The number of fused-ring (bicyclic) bond motifs is 2. The molecule has 1 heterocycles. The number of amides is 2. The molecule has 1 aliphatic heterocycles. The van der Waals surface area contributed by atoms with Gasteiger partial charge in [-0.05, 0) is 29.8 Å². The van der Waals surface area contributed by atoms with Crippen LogP contribution in [-0.2, 0) is 16.1 Å². The molecule has 6 nitrogen and oxygen atoms in total. The van der Waals surface area contributed by atoms with Crippen molar-refractivity contribution < 1.29 is 19.1 Å². The summed E-state index contributed by atoms with van der Waals surface area (Å²) in [6.07, 6.45) is 0. The number of rotatable bonds is 4. The number of carbonyl (C=O) groups is 3. The SMILES string of the molecule is COc1cccc(CNC(=O)[C@@H]2[C@@H]3C(=O)Nc4ccccc4C(=O)[C@]23C)c1. The van der Waals surface area contributed by atoms with Crippen LogP contribution >= 0.6 is 0 Å². The Balaban J connectivity index is 1.53. The van der Waals surface area contributed by atoms with E-state index in [1.807, 2.05) is 24.3 Å². The summed E-state index contributed by atoms with van der Waals surface area (Å²) >= 11 is 0. The lowest BCUT2D eigenvalue weighted by atomic mass is 9.92. The third-order valence-electron chi connectivity index (χ3n) is 5.60. The Labute approximate surface area is 156 Å². The van der Waals surface area contributed by atoms with E-state index >= 15 is 0 Å². The van der Waals surface area contributed by atoms with Crippen LogP contribution < -0.4 is 15.4 Å². The van der Waals surface area contributed by atoms with E-state index in [-0.39, 0.29) is 17.6 Å². The van der Waals surface area contributed by atoms with Gasteiger partial charge in [-0.2, -0.15) is 0 Å². The Morgan fingerprint density at radius 1 is 1.19 bits per heavy atom. The molecule has 2 aromatic rings. The Kier molecular flexibility index (Phi) is 3.98. The topological polar surface area (TPSA) is 84.5 Å². The summed E-state index contributed by atoms with van der Waals surface area (Å²) < 4.78 is 5.18.